The third-order valence-electron chi connectivity index (χ3n) is 5.19. The van der Waals surface area contributed by atoms with Crippen LogP contribution in [-0.4, -0.2) is 31.4 Å². The van der Waals surface area contributed by atoms with Crippen LogP contribution < -0.4 is 15.5 Å². The molecule has 1 aliphatic heterocycles. The molecule has 3 rings (SSSR count). The molecule has 29 heavy (non-hydrogen) atoms. The number of anilines is 1. The Morgan fingerprint density at radius 2 is 1.59 bits per heavy atom. The highest BCUT2D eigenvalue weighted by atomic mass is 35.5. The largest absolute Gasteiger partial charge is 0.372 e. The van der Waals surface area contributed by atoms with E-state index in [2.05, 4.69) is 39.8 Å². The van der Waals surface area contributed by atoms with Crippen molar-refractivity contribution in [3.05, 3.63) is 64.7 Å². The van der Waals surface area contributed by atoms with Crippen LogP contribution in [0.4, 0.5) is 5.69 Å². The maximum Gasteiger partial charge on any atom is 0.309 e. The summed E-state index contributed by atoms with van der Waals surface area (Å²) < 4.78 is 0. The molecule has 0 aromatic heterocycles. The Bertz CT molecular complexity index is 817. The van der Waals surface area contributed by atoms with E-state index in [1.54, 1.807) is 6.07 Å². The first-order valence-electron chi connectivity index (χ1n) is 10.3. The van der Waals surface area contributed by atoms with E-state index in [-0.39, 0.29) is 6.54 Å². The van der Waals surface area contributed by atoms with Crippen LogP contribution in [0.15, 0.2) is 48.5 Å². The van der Waals surface area contributed by atoms with Gasteiger partial charge in [-0.2, -0.15) is 0 Å². The lowest BCUT2D eigenvalue weighted by molar-refractivity contribution is -0.139. The number of rotatable bonds is 7. The summed E-state index contributed by atoms with van der Waals surface area (Å²) in [6, 6.07) is 15.9. The van der Waals surface area contributed by atoms with Gasteiger partial charge in [-0.05, 0) is 61.4 Å². The van der Waals surface area contributed by atoms with Gasteiger partial charge in [0.15, 0.2) is 0 Å². The zero-order valence-corrected chi connectivity index (χ0v) is 17.4. The second kappa shape index (κ2) is 10.9. The minimum atomic E-state index is -0.643. The Labute approximate surface area is 177 Å². The van der Waals surface area contributed by atoms with Crippen molar-refractivity contribution in [2.75, 3.05) is 24.5 Å². The first-order chi connectivity index (χ1) is 14.1. The van der Waals surface area contributed by atoms with E-state index in [0.717, 1.165) is 31.5 Å². The van der Waals surface area contributed by atoms with Crippen molar-refractivity contribution in [3.8, 4) is 0 Å². The molecule has 0 unspecified atom stereocenters. The van der Waals surface area contributed by atoms with Crippen LogP contribution in [0, 0.1) is 0 Å². The van der Waals surface area contributed by atoms with Crippen LogP contribution in [0.2, 0.25) is 5.02 Å². The Hall–Kier alpha value is -2.53. The van der Waals surface area contributed by atoms with Gasteiger partial charge in [0.1, 0.15) is 0 Å². The fourth-order valence-electron chi connectivity index (χ4n) is 3.50. The minimum absolute atomic E-state index is 0.231. The topological polar surface area (TPSA) is 61.4 Å². The molecule has 0 saturated carbocycles. The van der Waals surface area contributed by atoms with E-state index >= 15 is 0 Å². The normalized spacial score (nSPS) is 13.8. The number of hydrogen-bond acceptors (Lipinski definition) is 3. The summed E-state index contributed by atoms with van der Waals surface area (Å²) in [6.45, 7) is 2.98. The van der Waals surface area contributed by atoms with Crippen molar-refractivity contribution in [2.24, 2.45) is 0 Å². The summed E-state index contributed by atoms with van der Waals surface area (Å²) in [5, 5.41) is 5.84. The standard InChI is InChI=1S/C23H28ClN3O2/c24-21-9-3-2-8-19(21)17-26-23(29)22(28)25-14-6-7-18-10-12-20(13-11-18)27-15-4-1-5-16-27/h2-3,8-13H,1,4-7,14-17H2,(H,25,28)(H,26,29). The number of nitrogens with zero attached hydrogens (tertiary/aromatic N) is 1. The molecule has 0 radical (unpaired) electrons. The molecule has 1 aliphatic rings. The van der Waals surface area contributed by atoms with Crippen LogP contribution in [0.5, 0.6) is 0 Å². The Morgan fingerprint density at radius 1 is 0.897 bits per heavy atom. The molecule has 0 spiro atoms. The van der Waals surface area contributed by atoms with E-state index in [4.69, 9.17) is 11.6 Å². The zero-order valence-electron chi connectivity index (χ0n) is 16.6. The summed E-state index contributed by atoms with van der Waals surface area (Å²) in [7, 11) is 0. The number of aryl methyl sites for hydroxylation is 1. The van der Waals surface area contributed by atoms with Crippen molar-refractivity contribution in [2.45, 2.75) is 38.6 Å². The zero-order chi connectivity index (χ0) is 20.5. The Morgan fingerprint density at radius 3 is 2.31 bits per heavy atom. The summed E-state index contributed by atoms with van der Waals surface area (Å²) >= 11 is 6.05. The van der Waals surface area contributed by atoms with E-state index in [9.17, 15) is 9.59 Å². The van der Waals surface area contributed by atoms with Crippen molar-refractivity contribution in [1.82, 2.24) is 10.6 Å². The Balaban J connectivity index is 1.34. The molecule has 2 aromatic rings. The SMILES string of the molecule is O=C(NCCCc1ccc(N2CCCCC2)cc1)C(=O)NCc1ccccc1Cl. The molecule has 5 nitrogen and oxygen atoms in total. The second-order valence-electron chi connectivity index (χ2n) is 7.35. The number of carbonyl (C=O) groups is 2. The highest BCUT2D eigenvalue weighted by Gasteiger charge is 2.13. The molecular weight excluding hydrogens is 386 g/mol. The van der Waals surface area contributed by atoms with Crippen LogP contribution in [0.1, 0.15) is 36.8 Å². The summed E-state index contributed by atoms with van der Waals surface area (Å²) in [5.41, 5.74) is 3.31. The smallest absolute Gasteiger partial charge is 0.309 e. The molecule has 0 atom stereocenters. The number of piperidine rings is 1. The number of amides is 2. The first kappa shape index (κ1) is 21.2. The predicted molar refractivity (Wildman–Crippen MR) is 117 cm³/mol. The van der Waals surface area contributed by atoms with Crippen molar-refractivity contribution < 1.29 is 9.59 Å². The molecule has 0 aliphatic carbocycles. The predicted octanol–water partition coefficient (Wildman–Crippen LogP) is 3.70. The van der Waals surface area contributed by atoms with Gasteiger partial charge >= 0.3 is 11.8 Å². The molecule has 6 heteroatoms. The lowest BCUT2D eigenvalue weighted by atomic mass is 10.1. The second-order valence-corrected chi connectivity index (χ2v) is 7.75. The van der Waals surface area contributed by atoms with E-state index in [1.165, 1.54) is 30.5 Å². The van der Waals surface area contributed by atoms with Gasteiger partial charge in [0.25, 0.3) is 0 Å². The number of nitrogens with one attached hydrogen (secondary N) is 2. The van der Waals surface area contributed by atoms with E-state index in [0.29, 0.717) is 11.6 Å². The van der Waals surface area contributed by atoms with Gasteiger partial charge in [0.05, 0.1) is 0 Å². The third kappa shape index (κ3) is 6.50. The monoisotopic (exact) mass is 413 g/mol. The summed E-state index contributed by atoms with van der Waals surface area (Å²) in [6.07, 6.45) is 5.52. The molecule has 1 saturated heterocycles. The lowest BCUT2D eigenvalue weighted by Gasteiger charge is -2.28. The van der Waals surface area contributed by atoms with Crippen molar-refractivity contribution in [3.63, 3.8) is 0 Å². The van der Waals surface area contributed by atoms with Crippen LogP contribution >= 0.6 is 11.6 Å². The van der Waals surface area contributed by atoms with Gasteiger partial charge in [-0.3, -0.25) is 9.59 Å². The average Bonchev–Trinajstić information content (AvgIpc) is 2.77. The number of carbonyl (C=O) groups excluding carboxylic acids is 2. The van der Waals surface area contributed by atoms with Crippen molar-refractivity contribution in [1.29, 1.82) is 0 Å². The number of benzene rings is 2. The minimum Gasteiger partial charge on any atom is -0.372 e. The van der Waals surface area contributed by atoms with Gasteiger partial charge in [-0.25, -0.2) is 0 Å². The maximum absolute atomic E-state index is 11.9. The average molecular weight is 414 g/mol. The quantitative estimate of drug-likeness (QED) is 0.537. The van der Waals surface area contributed by atoms with Crippen LogP contribution in [-0.2, 0) is 22.6 Å². The van der Waals surface area contributed by atoms with E-state index < -0.39 is 11.8 Å². The number of halogens is 1. The molecule has 0 bridgehead atoms. The van der Waals surface area contributed by atoms with Crippen molar-refractivity contribution >= 4 is 29.1 Å². The van der Waals surface area contributed by atoms with E-state index in [1.807, 2.05) is 18.2 Å². The fourth-order valence-corrected chi connectivity index (χ4v) is 3.70. The fraction of sp³-hybridized carbons (Fsp3) is 0.391. The van der Waals surface area contributed by atoms with Gasteiger partial charge in [-0.1, -0.05) is 41.9 Å². The molecule has 154 valence electrons. The molecule has 2 N–H and O–H groups in total. The van der Waals surface area contributed by atoms with Crippen LogP contribution in [0.3, 0.4) is 0 Å². The molecule has 1 heterocycles. The van der Waals surface area contributed by atoms with Gasteiger partial charge in [0, 0.05) is 36.9 Å². The molecule has 2 aromatic carbocycles. The van der Waals surface area contributed by atoms with Gasteiger partial charge < -0.3 is 15.5 Å². The number of hydrogen-bond donors (Lipinski definition) is 2. The van der Waals surface area contributed by atoms with Crippen LogP contribution in [0.25, 0.3) is 0 Å². The molecular formula is C23H28ClN3O2. The highest BCUT2D eigenvalue weighted by molar-refractivity contribution is 6.35. The lowest BCUT2D eigenvalue weighted by Crippen LogP contribution is -2.40. The first-order valence-corrected chi connectivity index (χ1v) is 10.6. The third-order valence-corrected chi connectivity index (χ3v) is 5.56. The van der Waals surface area contributed by atoms with Gasteiger partial charge in [0.2, 0.25) is 0 Å². The molecule has 1 fully saturated rings. The summed E-state index contributed by atoms with van der Waals surface area (Å²) in [5.74, 6) is -1.26. The summed E-state index contributed by atoms with van der Waals surface area (Å²) in [4.78, 5) is 26.3. The molecule has 2 amide bonds. The Kier molecular flexibility index (Phi) is 7.94. The maximum atomic E-state index is 11.9. The highest BCUT2D eigenvalue weighted by Crippen LogP contribution is 2.20. The van der Waals surface area contributed by atoms with Gasteiger partial charge in [-0.15, -0.1) is 0 Å².